The summed E-state index contributed by atoms with van der Waals surface area (Å²) in [5, 5.41) is 0. The van der Waals surface area contributed by atoms with Crippen LogP contribution in [0.3, 0.4) is 0 Å². The molecule has 0 bridgehead atoms. The van der Waals surface area contributed by atoms with Gasteiger partial charge in [0, 0.05) is 0 Å². The van der Waals surface area contributed by atoms with Crippen molar-refractivity contribution < 1.29 is 14.3 Å². The molecule has 1 saturated carbocycles. The average Bonchev–Trinajstić information content (AvgIpc) is 2.53. The summed E-state index contributed by atoms with van der Waals surface area (Å²) in [6.07, 6.45) is 5.99. The van der Waals surface area contributed by atoms with Gasteiger partial charge >= 0.3 is 5.97 Å². The van der Waals surface area contributed by atoms with Crippen LogP contribution in [-0.2, 0) is 9.53 Å². The molecule has 146 valence electrons. The van der Waals surface area contributed by atoms with E-state index in [-0.39, 0.29) is 17.5 Å². The van der Waals surface area contributed by atoms with Crippen LogP contribution in [-0.4, -0.2) is 18.7 Å². The number of rotatable bonds is 8. The first-order chi connectivity index (χ1) is 12.2. The summed E-state index contributed by atoms with van der Waals surface area (Å²) in [5.74, 6) is 1.48. The van der Waals surface area contributed by atoms with E-state index >= 15 is 0 Å². The van der Waals surface area contributed by atoms with Crippen molar-refractivity contribution in [3.8, 4) is 5.75 Å². The van der Waals surface area contributed by atoms with Gasteiger partial charge in [-0.05, 0) is 75.8 Å². The lowest BCUT2D eigenvalue weighted by atomic mass is 9.71. The van der Waals surface area contributed by atoms with Crippen molar-refractivity contribution in [2.24, 2.45) is 16.7 Å². The van der Waals surface area contributed by atoms with E-state index in [9.17, 15) is 4.79 Å². The lowest BCUT2D eigenvalue weighted by molar-refractivity contribution is -0.164. The smallest absolute Gasteiger partial charge is 0.311 e. The third-order valence-electron chi connectivity index (χ3n) is 5.38. The molecular weight excluding hydrogens is 324 g/mol. The van der Waals surface area contributed by atoms with E-state index in [1.807, 2.05) is 44.2 Å². The van der Waals surface area contributed by atoms with Crippen LogP contribution in [0.5, 0.6) is 5.75 Å². The van der Waals surface area contributed by atoms with E-state index in [0.29, 0.717) is 12.5 Å². The summed E-state index contributed by atoms with van der Waals surface area (Å²) >= 11 is 0. The van der Waals surface area contributed by atoms with E-state index in [0.717, 1.165) is 37.9 Å². The molecule has 0 amide bonds. The average molecular weight is 361 g/mol. The molecule has 3 nitrogen and oxygen atoms in total. The highest BCUT2D eigenvalue weighted by Gasteiger charge is 2.37. The molecule has 0 saturated heterocycles. The zero-order valence-corrected chi connectivity index (χ0v) is 17.2. The van der Waals surface area contributed by atoms with Gasteiger partial charge in [-0.2, -0.15) is 0 Å². The fraction of sp³-hybridized carbons (Fsp3) is 0.696. The Hall–Kier alpha value is -1.51. The molecule has 2 rings (SSSR count). The van der Waals surface area contributed by atoms with Gasteiger partial charge in [0.25, 0.3) is 0 Å². The van der Waals surface area contributed by atoms with Crippen LogP contribution >= 0.6 is 0 Å². The van der Waals surface area contributed by atoms with Crippen molar-refractivity contribution in [1.82, 2.24) is 0 Å². The van der Waals surface area contributed by atoms with Crippen molar-refractivity contribution in [2.75, 3.05) is 6.61 Å². The molecule has 26 heavy (non-hydrogen) atoms. The maximum absolute atomic E-state index is 12.7. The number of ether oxygens (including phenoxy) is 2. The molecular formula is C23H36O3. The second-order valence-electron chi connectivity index (χ2n) is 9.44. The number of esters is 1. The SMILES string of the molecule is CC1CC(OC(=O)C(C)(C)CCCCOc2ccccc2)CC(C)(C)C1. The molecule has 1 aromatic carbocycles. The monoisotopic (exact) mass is 360 g/mol. The lowest BCUT2D eigenvalue weighted by Crippen LogP contribution is -2.37. The molecule has 1 aromatic rings. The number of carbonyl (C=O) groups excluding carboxylic acids is 1. The van der Waals surface area contributed by atoms with Crippen LogP contribution in [0.25, 0.3) is 0 Å². The molecule has 0 aromatic heterocycles. The Labute approximate surface area is 159 Å². The third-order valence-corrected chi connectivity index (χ3v) is 5.38. The second kappa shape index (κ2) is 8.92. The van der Waals surface area contributed by atoms with E-state index in [1.165, 1.54) is 6.42 Å². The highest BCUT2D eigenvalue weighted by molar-refractivity contribution is 5.76. The molecule has 2 unspecified atom stereocenters. The van der Waals surface area contributed by atoms with Crippen molar-refractivity contribution in [3.63, 3.8) is 0 Å². The van der Waals surface area contributed by atoms with Crippen molar-refractivity contribution in [3.05, 3.63) is 30.3 Å². The Kier molecular flexibility index (Phi) is 7.14. The highest BCUT2D eigenvalue weighted by Crippen LogP contribution is 2.40. The van der Waals surface area contributed by atoms with Gasteiger partial charge in [0.1, 0.15) is 11.9 Å². The number of unbranched alkanes of at least 4 members (excludes halogenated alkanes) is 1. The molecule has 0 aliphatic heterocycles. The second-order valence-corrected chi connectivity index (χ2v) is 9.44. The normalized spacial score (nSPS) is 22.7. The summed E-state index contributed by atoms with van der Waals surface area (Å²) in [5.41, 5.74) is -0.168. The molecule has 3 heteroatoms. The standard InChI is InChI=1S/C23H36O3/c1-18-15-20(17-22(2,3)16-18)26-21(24)23(4,5)13-9-10-14-25-19-11-7-6-8-12-19/h6-8,11-12,18,20H,9-10,13-17H2,1-5H3. The van der Waals surface area contributed by atoms with Gasteiger partial charge in [0.05, 0.1) is 12.0 Å². The molecule has 1 fully saturated rings. The largest absolute Gasteiger partial charge is 0.494 e. The van der Waals surface area contributed by atoms with Gasteiger partial charge in [-0.15, -0.1) is 0 Å². The van der Waals surface area contributed by atoms with E-state index in [1.54, 1.807) is 0 Å². The third kappa shape index (κ3) is 6.66. The zero-order valence-electron chi connectivity index (χ0n) is 17.2. The summed E-state index contributed by atoms with van der Waals surface area (Å²) in [7, 11) is 0. The number of benzene rings is 1. The van der Waals surface area contributed by atoms with Gasteiger partial charge in [-0.1, -0.05) is 39.0 Å². The summed E-state index contributed by atoms with van der Waals surface area (Å²) in [6.45, 7) is 11.5. The molecule has 0 heterocycles. The Morgan fingerprint density at radius 3 is 2.50 bits per heavy atom. The molecule has 1 aliphatic carbocycles. The Balaban J connectivity index is 1.71. The van der Waals surface area contributed by atoms with Gasteiger partial charge < -0.3 is 9.47 Å². The highest BCUT2D eigenvalue weighted by atomic mass is 16.5. The summed E-state index contributed by atoms with van der Waals surface area (Å²) in [4.78, 5) is 12.7. The van der Waals surface area contributed by atoms with Crippen LogP contribution in [0.2, 0.25) is 0 Å². The molecule has 2 atom stereocenters. The van der Waals surface area contributed by atoms with Crippen molar-refractivity contribution in [1.29, 1.82) is 0 Å². The molecule has 0 radical (unpaired) electrons. The fourth-order valence-corrected chi connectivity index (χ4v) is 4.14. The Bertz CT molecular complexity index is 562. The fourth-order valence-electron chi connectivity index (χ4n) is 4.14. The van der Waals surface area contributed by atoms with Crippen LogP contribution in [0, 0.1) is 16.7 Å². The minimum Gasteiger partial charge on any atom is -0.494 e. The quantitative estimate of drug-likeness (QED) is 0.420. The minimum absolute atomic E-state index is 0.0450. The molecule has 1 aliphatic rings. The van der Waals surface area contributed by atoms with Crippen molar-refractivity contribution >= 4 is 5.97 Å². The van der Waals surface area contributed by atoms with Crippen LogP contribution in [0.1, 0.15) is 73.1 Å². The predicted molar refractivity (Wildman–Crippen MR) is 106 cm³/mol. The van der Waals surface area contributed by atoms with Crippen LogP contribution < -0.4 is 4.74 Å². The summed E-state index contributed by atoms with van der Waals surface area (Å²) < 4.78 is 11.6. The number of carbonyl (C=O) groups is 1. The maximum atomic E-state index is 12.7. The summed E-state index contributed by atoms with van der Waals surface area (Å²) in [6, 6.07) is 9.86. The topological polar surface area (TPSA) is 35.5 Å². The number of hydrogen-bond donors (Lipinski definition) is 0. The van der Waals surface area contributed by atoms with Crippen LogP contribution in [0.15, 0.2) is 30.3 Å². The van der Waals surface area contributed by atoms with Gasteiger partial charge in [0.2, 0.25) is 0 Å². The number of para-hydroxylation sites is 1. The molecule has 0 spiro atoms. The zero-order chi connectivity index (χ0) is 19.2. The Morgan fingerprint density at radius 2 is 1.85 bits per heavy atom. The van der Waals surface area contributed by atoms with E-state index in [2.05, 4.69) is 20.8 Å². The van der Waals surface area contributed by atoms with Gasteiger partial charge in [0.15, 0.2) is 0 Å². The van der Waals surface area contributed by atoms with Gasteiger partial charge in [-0.3, -0.25) is 4.79 Å². The van der Waals surface area contributed by atoms with Crippen LogP contribution in [0.4, 0.5) is 0 Å². The van der Waals surface area contributed by atoms with Gasteiger partial charge in [-0.25, -0.2) is 0 Å². The maximum Gasteiger partial charge on any atom is 0.311 e. The first-order valence-electron chi connectivity index (χ1n) is 10.1. The Morgan fingerprint density at radius 1 is 1.15 bits per heavy atom. The number of hydrogen-bond acceptors (Lipinski definition) is 3. The minimum atomic E-state index is -0.433. The first kappa shape index (κ1) is 20.8. The van der Waals surface area contributed by atoms with Crippen molar-refractivity contribution in [2.45, 2.75) is 79.2 Å². The lowest BCUT2D eigenvalue weighted by Gasteiger charge is -2.39. The van der Waals surface area contributed by atoms with E-state index in [4.69, 9.17) is 9.47 Å². The van der Waals surface area contributed by atoms with E-state index < -0.39 is 5.41 Å². The molecule has 0 N–H and O–H groups in total. The first-order valence-corrected chi connectivity index (χ1v) is 10.1. The predicted octanol–water partition coefficient (Wildman–Crippen LogP) is 6.02.